The van der Waals surface area contributed by atoms with Crippen LogP contribution < -0.4 is 19.5 Å². The first-order chi connectivity index (χ1) is 11.5. The molecule has 0 fully saturated rings. The van der Waals surface area contributed by atoms with Gasteiger partial charge in [0, 0.05) is 6.54 Å². The first-order valence-corrected chi connectivity index (χ1v) is 7.34. The highest BCUT2D eigenvalue weighted by molar-refractivity contribution is 5.98. The Bertz CT molecular complexity index is 746. The quantitative estimate of drug-likeness (QED) is 0.883. The van der Waals surface area contributed by atoms with E-state index in [0.717, 1.165) is 5.56 Å². The molecule has 2 rings (SSSR count). The zero-order valence-corrected chi connectivity index (χ0v) is 14.1. The summed E-state index contributed by atoms with van der Waals surface area (Å²) in [6.45, 7) is 1.95. The molecular formula is C18H20FNO4. The van der Waals surface area contributed by atoms with Gasteiger partial charge in [0.25, 0.3) is 5.91 Å². The van der Waals surface area contributed by atoms with Crippen molar-refractivity contribution in [1.29, 1.82) is 0 Å². The van der Waals surface area contributed by atoms with E-state index in [0.29, 0.717) is 28.4 Å². The fraction of sp³-hybridized carbons (Fsp3) is 0.278. The third-order valence-electron chi connectivity index (χ3n) is 3.62. The highest BCUT2D eigenvalue weighted by Gasteiger charge is 2.20. The summed E-state index contributed by atoms with van der Waals surface area (Å²) in [6, 6.07) is 7.95. The smallest absolute Gasteiger partial charge is 0.255 e. The molecule has 0 aromatic heterocycles. The number of nitrogens with one attached hydrogen (secondary N) is 1. The van der Waals surface area contributed by atoms with Crippen LogP contribution in [0.2, 0.25) is 0 Å². The monoisotopic (exact) mass is 333 g/mol. The Hall–Kier alpha value is -2.76. The lowest BCUT2D eigenvalue weighted by atomic mass is 10.1. The van der Waals surface area contributed by atoms with Crippen LogP contribution >= 0.6 is 0 Å². The van der Waals surface area contributed by atoms with Crippen LogP contribution in [0.15, 0.2) is 30.3 Å². The van der Waals surface area contributed by atoms with Gasteiger partial charge in [0.05, 0.1) is 26.9 Å². The minimum atomic E-state index is -0.324. The normalized spacial score (nSPS) is 10.2. The number of hydrogen-bond donors (Lipinski definition) is 1. The van der Waals surface area contributed by atoms with Crippen molar-refractivity contribution < 1.29 is 23.4 Å². The van der Waals surface area contributed by atoms with Gasteiger partial charge in [0.2, 0.25) is 5.75 Å². The number of carbonyl (C=O) groups excluding carboxylic acids is 1. The average molecular weight is 333 g/mol. The number of rotatable bonds is 6. The van der Waals surface area contributed by atoms with E-state index >= 15 is 0 Å². The summed E-state index contributed by atoms with van der Waals surface area (Å²) in [6.07, 6.45) is 0. The average Bonchev–Trinajstić information content (AvgIpc) is 2.60. The molecule has 0 aliphatic rings. The Morgan fingerprint density at radius 1 is 1.04 bits per heavy atom. The number of ether oxygens (including phenoxy) is 3. The fourth-order valence-corrected chi connectivity index (χ4v) is 2.37. The number of benzene rings is 2. The molecule has 2 aromatic carbocycles. The van der Waals surface area contributed by atoms with E-state index in [1.165, 1.54) is 27.4 Å². The molecule has 0 saturated carbocycles. The van der Waals surface area contributed by atoms with Crippen LogP contribution in [-0.2, 0) is 6.54 Å². The van der Waals surface area contributed by atoms with E-state index in [-0.39, 0.29) is 18.3 Å². The summed E-state index contributed by atoms with van der Waals surface area (Å²) < 4.78 is 29.1. The highest BCUT2D eigenvalue weighted by Crippen LogP contribution is 2.39. The van der Waals surface area contributed by atoms with Crippen molar-refractivity contribution >= 4 is 5.91 Å². The van der Waals surface area contributed by atoms with Gasteiger partial charge < -0.3 is 19.5 Å². The summed E-state index contributed by atoms with van der Waals surface area (Å²) in [4.78, 5) is 12.5. The van der Waals surface area contributed by atoms with Crippen LogP contribution in [0.1, 0.15) is 21.5 Å². The van der Waals surface area contributed by atoms with Crippen LogP contribution in [0.5, 0.6) is 17.2 Å². The molecule has 0 aliphatic heterocycles. The van der Waals surface area contributed by atoms with Gasteiger partial charge in [-0.15, -0.1) is 0 Å². The summed E-state index contributed by atoms with van der Waals surface area (Å²) in [5.41, 5.74) is 1.67. The molecule has 24 heavy (non-hydrogen) atoms. The number of aryl methyl sites for hydroxylation is 1. The zero-order valence-electron chi connectivity index (χ0n) is 14.1. The topological polar surface area (TPSA) is 56.8 Å². The molecule has 0 saturated heterocycles. The van der Waals surface area contributed by atoms with E-state index in [4.69, 9.17) is 14.2 Å². The van der Waals surface area contributed by atoms with Crippen LogP contribution in [-0.4, -0.2) is 27.2 Å². The van der Waals surface area contributed by atoms with Gasteiger partial charge in [-0.05, 0) is 36.2 Å². The molecule has 0 heterocycles. The Kier molecular flexibility index (Phi) is 5.63. The molecule has 1 N–H and O–H groups in total. The van der Waals surface area contributed by atoms with Gasteiger partial charge in [-0.2, -0.15) is 0 Å². The first-order valence-electron chi connectivity index (χ1n) is 7.34. The maximum absolute atomic E-state index is 13.3. The van der Waals surface area contributed by atoms with Crippen LogP contribution in [0.3, 0.4) is 0 Å². The Morgan fingerprint density at radius 2 is 1.75 bits per heavy atom. The molecule has 6 heteroatoms. The van der Waals surface area contributed by atoms with Gasteiger partial charge in [-0.1, -0.05) is 12.1 Å². The fourth-order valence-electron chi connectivity index (χ4n) is 2.37. The molecule has 0 bridgehead atoms. The molecule has 1 amide bonds. The number of halogens is 1. The minimum Gasteiger partial charge on any atom is -0.493 e. The molecule has 0 spiro atoms. The van der Waals surface area contributed by atoms with Crippen LogP contribution in [0.4, 0.5) is 4.39 Å². The lowest BCUT2D eigenvalue weighted by Gasteiger charge is -2.15. The predicted octanol–water partition coefficient (Wildman–Crippen LogP) is 3.09. The largest absolute Gasteiger partial charge is 0.493 e. The molecule has 0 atom stereocenters. The van der Waals surface area contributed by atoms with E-state index < -0.39 is 0 Å². The van der Waals surface area contributed by atoms with Gasteiger partial charge in [0.15, 0.2) is 11.5 Å². The maximum atomic E-state index is 13.3. The molecule has 2 aromatic rings. The summed E-state index contributed by atoms with van der Waals surface area (Å²) in [5, 5.41) is 2.79. The Labute approximate surface area is 140 Å². The SMILES string of the molecule is COc1ccc(C(=O)NCc2ccc(F)c(C)c2)c(OC)c1OC. The van der Waals surface area contributed by atoms with E-state index in [1.54, 1.807) is 31.2 Å². The molecule has 0 unspecified atom stereocenters. The summed E-state index contributed by atoms with van der Waals surface area (Å²) in [5.74, 6) is 0.524. The number of hydrogen-bond acceptors (Lipinski definition) is 4. The second-order valence-corrected chi connectivity index (χ2v) is 5.15. The van der Waals surface area contributed by atoms with E-state index in [9.17, 15) is 9.18 Å². The van der Waals surface area contributed by atoms with E-state index in [1.807, 2.05) is 0 Å². The van der Waals surface area contributed by atoms with Gasteiger partial charge in [-0.25, -0.2) is 4.39 Å². The van der Waals surface area contributed by atoms with Gasteiger partial charge >= 0.3 is 0 Å². The van der Waals surface area contributed by atoms with Crippen LogP contribution in [0.25, 0.3) is 0 Å². The minimum absolute atomic E-state index is 0.272. The molecule has 0 aliphatic carbocycles. The number of methoxy groups -OCH3 is 3. The van der Waals surface area contributed by atoms with Crippen molar-refractivity contribution in [1.82, 2.24) is 5.32 Å². The Balaban J connectivity index is 2.21. The van der Waals surface area contributed by atoms with E-state index in [2.05, 4.69) is 5.32 Å². The van der Waals surface area contributed by atoms with Crippen molar-refractivity contribution in [2.45, 2.75) is 13.5 Å². The van der Waals surface area contributed by atoms with Crippen molar-refractivity contribution in [3.8, 4) is 17.2 Å². The van der Waals surface area contributed by atoms with Gasteiger partial charge in [0.1, 0.15) is 5.82 Å². The second-order valence-electron chi connectivity index (χ2n) is 5.15. The van der Waals surface area contributed by atoms with Crippen LogP contribution in [0, 0.1) is 12.7 Å². The standard InChI is InChI=1S/C18H20FNO4/c1-11-9-12(5-7-14(11)19)10-20-18(21)13-6-8-15(22-2)17(24-4)16(13)23-3/h5-9H,10H2,1-4H3,(H,20,21). The summed E-state index contributed by atoms with van der Waals surface area (Å²) in [7, 11) is 4.44. The van der Waals surface area contributed by atoms with Crippen molar-refractivity contribution in [3.63, 3.8) is 0 Å². The van der Waals surface area contributed by atoms with Gasteiger partial charge in [-0.3, -0.25) is 4.79 Å². The van der Waals surface area contributed by atoms with Crippen molar-refractivity contribution in [2.24, 2.45) is 0 Å². The van der Waals surface area contributed by atoms with Crippen molar-refractivity contribution in [3.05, 3.63) is 52.8 Å². The molecule has 128 valence electrons. The molecule has 5 nitrogen and oxygen atoms in total. The lowest BCUT2D eigenvalue weighted by Crippen LogP contribution is -2.23. The lowest BCUT2D eigenvalue weighted by molar-refractivity contribution is 0.0947. The third kappa shape index (κ3) is 3.59. The predicted molar refractivity (Wildman–Crippen MR) is 88.4 cm³/mol. The molecule has 0 radical (unpaired) electrons. The Morgan fingerprint density at radius 3 is 2.33 bits per heavy atom. The first kappa shape index (κ1) is 17.6. The number of amides is 1. The van der Waals surface area contributed by atoms with Crippen molar-refractivity contribution in [2.75, 3.05) is 21.3 Å². The third-order valence-corrected chi connectivity index (χ3v) is 3.62. The number of carbonyl (C=O) groups is 1. The zero-order chi connectivity index (χ0) is 17.7. The molecular weight excluding hydrogens is 313 g/mol. The highest BCUT2D eigenvalue weighted by atomic mass is 19.1. The second kappa shape index (κ2) is 7.68. The summed E-state index contributed by atoms with van der Waals surface area (Å²) >= 11 is 0. The maximum Gasteiger partial charge on any atom is 0.255 e.